The minimum Gasteiger partial charge on any atom is -0.466 e. The first-order chi connectivity index (χ1) is 3.83. The van der Waals surface area contributed by atoms with E-state index in [2.05, 4.69) is 14.8 Å². The maximum absolute atomic E-state index is 11.8. The zero-order valence-corrected chi connectivity index (χ0v) is 4.18. The second-order valence-corrected chi connectivity index (χ2v) is 1.11. The molecule has 44 valence electrons. The highest BCUT2D eigenvalue weighted by molar-refractivity contribution is 4.85. The maximum Gasteiger partial charge on any atom is 0.337 e. The van der Waals surface area contributed by atoms with Gasteiger partial charge in [-0.25, -0.2) is 5.10 Å². The standard InChI is InChI=1S/C3H4FN3O/c1-8-3-5-2(4)6-7-3/h1H3,(H,5,6,7). The Morgan fingerprint density at radius 1 is 1.75 bits per heavy atom. The average molecular weight is 117 g/mol. The lowest BCUT2D eigenvalue weighted by Gasteiger charge is -1.82. The van der Waals surface area contributed by atoms with Crippen molar-refractivity contribution in [3.63, 3.8) is 0 Å². The first-order valence-corrected chi connectivity index (χ1v) is 1.95. The van der Waals surface area contributed by atoms with Crippen molar-refractivity contribution in [1.29, 1.82) is 0 Å². The molecule has 1 heterocycles. The number of hydrogen-bond acceptors (Lipinski definition) is 3. The fourth-order valence-electron chi connectivity index (χ4n) is 0.319. The molecule has 1 aromatic rings. The molecule has 0 bridgehead atoms. The Hall–Kier alpha value is -1.13. The van der Waals surface area contributed by atoms with E-state index in [4.69, 9.17) is 0 Å². The number of aromatic nitrogens is 3. The number of halogens is 1. The van der Waals surface area contributed by atoms with Gasteiger partial charge in [0.25, 0.3) is 0 Å². The van der Waals surface area contributed by atoms with Crippen molar-refractivity contribution in [3.8, 4) is 6.01 Å². The van der Waals surface area contributed by atoms with Crippen LogP contribution in [0.3, 0.4) is 0 Å². The van der Waals surface area contributed by atoms with Gasteiger partial charge in [-0.05, 0) is 0 Å². The van der Waals surface area contributed by atoms with Crippen LogP contribution >= 0.6 is 0 Å². The quantitative estimate of drug-likeness (QED) is 0.561. The lowest BCUT2D eigenvalue weighted by atomic mass is 11.1. The minimum atomic E-state index is -0.734. The van der Waals surface area contributed by atoms with Gasteiger partial charge >= 0.3 is 12.1 Å². The van der Waals surface area contributed by atoms with E-state index in [0.29, 0.717) is 0 Å². The number of methoxy groups -OCH3 is 1. The van der Waals surface area contributed by atoms with Crippen LogP contribution in [0.4, 0.5) is 4.39 Å². The van der Waals surface area contributed by atoms with E-state index in [1.54, 1.807) is 0 Å². The molecule has 0 aliphatic heterocycles. The lowest BCUT2D eigenvalue weighted by molar-refractivity contribution is 0.379. The van der Waals surface area contributed by atoms with Gasteiger partial charge in [0, 0.05) is 0 Å². The van der Waals surface area contributed by atoms with Gasteiger partial charge in [0.2, 0.25) is 0 Å². The smallest absolute Gasteiger partial charge is 0.337 e. The molecular formula is C3H4FN3O. The summed E-state index contributed by atoms with van der Waals surface area (Å²) in [6.07, 6.45) is -0.734. The van der Waals surface area contributed by atoms with Crippen LogP contribution in [-0.4, -0.2) is 22.3 Å². The van der Waals surface area contributed by atoms with E-state index in [0.717, 1.165) is 0 Å². The largest absolute Gasteiger partial charge is 0.466 e. The van der Waals surface area contributed by atoms with Crippen molar-refractivity contribution in [2.24, 2.45) is 0 Å². The predicted molar refractivity (Wildman–Crippen MR) is 22.9 cm³/mol. The molecule has 0 radical (unpaired) electrons. The number of nitrogens with zero attached hydrogens (tertiary/aromatic N) is 2. The maximum atomic E-state index is 11.8. The molecule has 0 aliphatic carbocycles. The average Bonchev–Trinajstić information content (AvgIpc) is 2.14. The summed E-state index contributed by atoms with van der Waals surface area (Å²) in [7, 11) is 1.36. The lowest BCUT2D eigenvalue weighted by Crippen LogP contribution is -1.83. The van der Waals surface area contributed by atoms with E-state index >= 15 is 0 Å². The second kappa shape index (κ2) is 1.77. The molecule has 8 heavy (non-hydrogen) atoms. The van der Waals surface area contributed by atoms with E-state index in [-0.39, 0.29) is 6.01 Å². The van der Waals surface area contributed by atoms with Gasteiger partial charge in [-0.1, -0.05) is 0 Å². The normalized spacial score (nSPS) is 9.25. The third-order valence-corrected chi connectivity index (χ3v) is 0.620. The summed E-state index contributed by atoms with van der Waals surface area (Å²) in [6, 6.07) is 0.0162. The molecule has 0 saturated heterocycles. The fraction of sp³-hybridized carbons (Fsp3) is 0.333. The third kappa shape index (κ3) is 0.749. The highest BCUT2D eigenvalue weighted by Crippen LogP contribution is 1.96. The molecule has 0 fully saturated rings. The third-order valence-electron chi connectivity index (χ3n) is 0.620. The molecule has 1 aromatic heterocycles. The van der Waals surface area contributed by atoms with E-state index < -0.39 is 6.08 Å². The zero-order chi connectivity index (χ0) is 5.98. The summed E-state index contributed by atoms with van der Waals surface area (Å²) in [5, 5.41) is 5.27. The number of ether oxygens (including phenoxy) is 1. The monoisotopic (exact) mass is 117 g/mol. The van der Waals surface area contributed by atoms with Crippen LogP contribution in [-0.2, 0) is 0 Å². The van der Waals surface area contributed by atoms with Crippen molar-refractivity contribution in [3.05, 3.63) is 6.08 Å². The van der Waals surface area contributed by atoms with Crippen LogP contribution < -0.4 is 4.74 Å². The summed E-state index contributed by atoms with van der Waals surface area (Å²) in [4.78, 5) is 3.17. The molecule has 0 aliphatic rings. The van der Waals surface area contributed by atoms with Crippen LogP contribution in [0, 0.1) is 6.08 Å². The van der Waals surface area contributed by atoms with Crippen molar-refractivity contribution >= 4 is 0 Å². The van der Waals surface area contributed by atoms with Gasteiger partial charge in [-0.2, -0.15) is 4.39 Å². The van der Waals surface area contributed by atoms with Crippen molar-refractivity contribution < 1.29 is 9.13 Å². The van der Waals surface area contributed by atoms with E-state index in [1.165, 1.54) is 7.11 Å². The van der Waals surface area contributed by atoms with Crippen LogP contribution in [0.25, 0.3) is 0 Å². The van der Waals surface area contributed by atoms with Gasteiger partial charge in [0.05, 0.1) is 7.11 Å². The molecule has 1 N–H and O–H groups in total. The first-order valence-electron chi connectivity index (χ1n) is 1.95. The van der Waals surface area contributed by atoms with Gasteiger partial charge in [0.1, 0.15) is 0 Å². The van der Waals surface area contributed by atoms with Gasteiger partial charge < -0.3 is 4.74 Å². The Morgan fingerprint density at radius 2 is 2.50 bits per heavy atom. The Balaban J connectivity index is 2.84. The first kappa shape index (κ1) is 5.02. The van der Waals surface area contributed by atoms with E-state index in [9.17, 15) is 4.39 Å². The van der Waals surface area contributed by atoms with Gasteiger partial charge in [0.15, 0.2) is 0 Å². The minimum absolute atomic E-state index is 0.0162. The van der Waals surface area contributed by atoms with Crippen LogP contribution in [0.2, 0.25) is 0 Å². The number of nitrogens with one attached hydrogen (secondary N) is 1. The Kier molecular flexibility index (Phi) is 1.11. The van der Waals surface area contributed by atoms with Gasteiger partial charge in [-0.3, -0.25) is 0 Å². The van der Waals surface area contributed by atoms with E-state index in [1.807, 2.05) is 5.10 Å². The molecule has 0 unspecified atom stereocenters. The Bertz CT molecular complexity index is 175. The zero-order valence-electron chi connectivity index (χ0n) is 4.18. The van der Waals surface area contributed by atoms with Gasteiger partial charge in [-0.15, -0.1) is 10.1 Å². The molecule has 0 amide bonds. The highest BCUT2D eigenvalue weighted by atomic mass is 19.1. The number of aromatic amines is 1. The van der Waals surface area contributed by atoms with Crippen LogP contribution in [0.1, 0.15) is 0 Å². The predicted octanol–water partition coefficient (Wildman–Crippen LogP) is -0.0476. The molecule has 0 atom stereocenters. The molecule has 0 saturated carbocycles. The molecule has 5 heteroatoms. The Labute approximate surface area is 44.7 Å². The Morgan fingerprint density at radius 3 is 2.75 bits per heavy atom. The highest BCUT2D eigenvalue weighted by Gasteiger charge is 1.97. The number of H-pyrrole nitrogens is 1. The fourth-order valence-corrected chi connectivity index (χ4v) is 0.319. The molecule has 1 rings (SSSR count). The molecule has 0 aromatic carbocycles. The molecular weight excluding hydrogens is 113 g/mol. The van der Waals surface area contributed by atoms with Crippen molar-refractivity contribution in [1.82, 2.24) is 15.2 Å². The van der Waals surface area contributed by atoms with Crippen molar-refractivity contribution in [2.75, 3.05) is 7.11 Å². The topological polar surface area (TPSA) is 50.8 Å². The summed E-state index contributed by atoms with van der Waals surface area (Å²) < 4.78 is 16.2. The van der Waals surface area contributed by atoms with Crippen LogP contribution in [0.5, 0.6) is 6.01 Å². The molecule has 0 spiro atoms. The van der Waals surface area contributed by atoms with Crippen molar-refractivity contribution in [2.45, 2.75) is 0 Å². The van der Waals surface area contributed by atoms with Crippen LogP contribution in [0.15, 0.2) is 0 Å². The summed E-state index contributed by atoms with van der Waals surface area (Å²) in [5.74, 6) is 0. The second-order valence-electron chi connectivity index (χ2n) is 1.11. The summed E-state index contributed by atoms with van der Waals surface area (Å²) >= 11 is 0. The number of rotatable bonds is 1. The molecule has 4 nitrogen and oxygen atoms in total. The number of hydrogen-bond donors (Lipinski definition) is 1. The SMILES string of the molecule is COc1n[nH]c(F)n1. The summed E-state index contributed by atoms with van der Waals surface area (Å²) in [5.41, 5.74) is 0. The summed E-state index contributed by atoms with van der Waals surface area (Å²) in [6.45, 7) is 0.